The van der Waals surface area contributed by atoms with Gasteiger partial charge in [-0.05, 0) is 34.4 Å². The molecular weight excluding hydrogens is 538 g/mol. The van der Waals surface area contributed by atoms with Crippen LogP contribution in [0.15, 0.2) is 152 Å². The van der Waals surface area contributed by atoms with Crippen molar-refractivity contribution in [1.82, 2.24) is 15.2 Å². The predicted octanol–water partition coefficient (Wildman–Crippen LogP) is 9.34. The summed E-state index contributed by atoms with van der Waals surface area (Å²) in [4.78, 5) is 5.11. The first-order chi connectivity index (χ1) is 21.8. The molecule has 9 rings (SSSR count). The second-order valence-electron chi connectivity index (χ2n) is 11.2. The molecule has 0 amide bonds. The molecule has 1 aromatic heterocycles. The number of nitrogens with zero attached hydrogens (tertiary/aromatic N) is 3. The number of ether oxygens (including phenoxy) is 1. The molecule has 0 bridgehead atoms. The SMILES string of the molecule is c1ccc(-c2nnc(-c3ccccc3)c(-c3ccc4c(c3)Oc3ccccc3C43c4ccccc4-c4ccccc43)n2)cc1. The van der Waals surface area contributed by atoms with Gasteiger partial charge in [0.25, 0.3) is 0 Å². The molecular formula is C40H25N3O. The molecule has 206 valence electrons. The molecule has 0 unspecified atom stereocenters. The average molecular weight is 564 g/mol. The highest BCUT2D eigenvalue weighted by Crippen LogP contribution is 2.62. The highest BCUT2D eigenvalue weighted by Gasteiger charge is 2.50. The molecule has 1 spiro atoms. The van der Waals surface area contributed by atoms with Gasteiger partial charge in [-0.2, -0.15) is 0 Å². The molecule has 0 atom stereocenters. The summed E-state index contributed by atoms with van der Waals surface area (Å²) in [6.45, 7) is 0. The van der Waals surface area contributed by atoms with Gasteiger partial charge in [0.05, 0.1) is 5.41 Å². The summed E-state index contributed by atoms with van der Waals surface area (Å²) in [6, 6.07) is 52.6. The van der Waals surface area contributed by atoms with E-state index < -0.39 is 5.41 Å². The molecule has 2 heterocycles. The fraction of sp³-hybridized carbons (Fsp3) is 0.0250. The fourth-order valence-electron chi connectivity index (χ4n) is 7.04. The van der Waals surface area contributed by atoms with E-state index in [-0.39, 0.29) is 0 Å². The lowest BCUT2D eigenvalue weighted by Crippen LogP contribution is -2.32. The maximum Gasteiger partial charge on any atom is 0.182 e. The molecule has 0 radical (unpaired) electrons. The van der Waals surface area contributed by atoms with Gasteiger partial charge in [0.2, 0.25) is 0 Å². The minimum atomic E-state index is -0.503. The molecule has 0 N–H and O–H groups in total. The summed E-state index contributed by atoms with van der Waals surface area (Å²) >= 11 is 0. The van der Waals surface area contributed by atoms with E-state index in [0.29, 0.717) is 5.82 Å². The van der Waals surface area contributed by atoms with E-state index in [2.05, 4.69) is 90.0 Å². The Labute approximate surface area is 255 Å². The van der Waals surface area contributed by atoms with Gasteiger partial charge in [-0.25, -0.2) is 4.98 Å². The van der Waals surface area contributed by atoms with E-state index in [1.165, 1.54) is 22.3 Å². The van der Waals surface area contributed by atoms with E-state index in [1.54, 1.807) is 0 Å². The number of benzene rings is 6. The second kappa shape index (κ2) is 9.58. The van der Waals surface area contributed by atoms with Gasteiger partial charge in [0, 0.05) is 27.8 Å². The summed E-state index contributed by atoms with van der Waals surface area (Å²) in [5, 5.41) is 9.27. The third-order valence-corrected chi connectivity index (χ3v) is 8.89. The standard InChI is InChI=1S/C40H25N3O/c1-3-13-26(14-4-1)38-37(41-39(43-42-38)27-15-5-2-6-16-27)28-23-24-34-36(25-28)44-35-22-12-11-21-33(35)40(34)31-19-9-7-17-29(31)30-18-8-10-20-32(30)40/h1-25H. The van der Waals surface area contributed by atoms with E-state index in [0.717, 1.165) is 50.7 Å². The number of hydrogen-bond acceptors (Lipinski definition) is 4. The van der Waals surface area contributed by atoms with Crippen molar-refractivity contribution in [2.24, 2.45) is 0 Å². The van der Waals surface area contributed by atoms with Crippen LogP contribution in [0.4, 0.5) is 0 Å². The Hall–Kier alpha value is -5.87. The van der Waals surface area contributed by atoms with Crippen molar-refractivity contribution in [3.8, 4) is 56.5 Å². The van der Waals surface area contributed by atoms with Crippen LogP contribution in [0.3, 0.4) is 0 Å². The van der Waals surface area contributed by atoms with Crippen molar-refractivity contribution in [2.75, 3.05) is 0 Å². The Balaban J connectivity index is 1.31. The largest absolute Gasteiger partial charge is 0.457 e. The van der Waals surface area contributed by atoms with Gasteiger partial charge in [-0.3, -0.25) is 0 Å². The minimum Gasteiger partial charge on any atom is -0.457 e. The molecule has 0 saturated carbocycles. The maximum absolute atomic E-state index is 6.75. The number of aromatic nitrogens is 3. The topological polar surface area (TPSA) is 47.9 Å². The second-order valence-corrected chi connectivity index (χ2v) is 11.2. The summed E-state index contributed by atoms with van der Waals surface area (Å²) < 4.78 is 6.75. The van der Waals surface area contributed by atoms with Crippen molar-refractivity contribution in [3.05, 3.63) is 174 Å². The van der Waals surface area contributed by atoms with Crippen LogP contribution in [0, 0.1) is 0 Å². The normalized spacial score (nSPS) is 13.4. The molecule has 4 nitrogen and oxygen atoms in total. The van der Waals surface area contributed by atoms with Crippen molar-refractivity contribution < 1.29 is 4.74 Å². The van der Waals surface area contributed by atoms with Crippen LogP contribution >= 0.6 is 0 Å². The van der Waals surface area contributed by atoms with E-state index in [9.17, 15) is 0 Å². The van der Waals surface area contributed by atoms with Crippen LogP contribution in [0.5, 0.6) is 11.5 Å². The summed E-state index contributed by atoms with van der Waals surface area (Å²) in [6.07, 6.45) is 0. The highest BCUT2D eigenvalue weighted by molar-refractivity contribution is 5.89. The molecule has 0 fully saturated rings. The highest BCUT2D eigenvalue weighted by atomic mass is 16.5. The average Bonchev–Trinajstić information content (AvgIpc) is 3.39. The first kappa shape index (κ1) is 24.7. The predicted molar refractivity (Wildman–Crippen MR) is 174 cm³/mol. The van der Waals surface area contributed by atoms with Crippen LogP contribution in [-0.4, -0.2) is 15.2 Å². The molecule has 7 aromatic rings. The Kier molecular flexibility index (Phi) is 5.38. The lowest BCUT2D eigenvalue weighted by Gasteiger charge is -2.39. The monoisotopic (exact) mass is 563 g/mol. The van der Waals surface area contributed by atoms with E-state index in [4.69, 9.17) is 14.8 Å². The Morgan fingerprint density at radius 3 is 1.68 bits per heavy atom. The fourth-order valence-corrected chi connectivity index (χ4v) is 7.04. The first-order valence-electron chi connectivity index (χ1n) is 14.8. The van der Waals surface area contributed by atoms with Gasteiger partial charge >= 0.3 is 0 Å². The zero-order chi connectivity index (χ0) is 29.1. The molecule has 2 aliphatic rings. The zero-order valence-corrected chi connectivity index (χ0v) is 23.7. The van der Waals surface area contributed by atoms with Crippen molar-refractivity contribution >= 4 is 0 Å². The van der Waals surface area contributed by atoms with Crippen molar-refractivity contribution in [1.29, 1.82) is 0 Å². The molecule has 6 aromatic carbocycles. The maximum atomic E-state index is 6.75. The molecule has 44 heavy (non-hydrogen) atoms. The Morgan fingerprint density at radius 1 is 0.409 bits per heavy atom. The van der Waals surface area contributed by atoms with E-state index in [1.807, 2.05) is 66.7 Å². The molecule has 4 heteroatoms. The first-order valence-corrected chi connectivity index (χ1v) is 14.8. The molecule has 1 aliphatic heterocycles. The zero-order valence-electron chi connectivity index (χ0n) is 23.7. The van der Waals surface area contributed by atoms with Gasteiger partial charge in [0.15, 0.2) is 5.82 Å². The number of rotatable bonds is 3. The van der Waals surface area contributed by atoms with Crippen LogP contribution in [0.25, 0.3) is 45.0 Å². The lowest BCUT2D eigenvalue weighted by atomic mass is 9.66. The van der Waals surface area contributed by atoms with Crippen LogP contribution < -0.4 is 4.74 Å². The number of fused-ring (bicyclic) bond motifs is 9. The smallest absolute Gasteiger partial charge is 0.182 e. The lowest BCUT2D eigenvalue weighted by molar-refractivity contribution is 0.436. The summed E-state index contributed by atoms with van der Waals surface area (Å²) in [5.74, 6) is 2.25. The molecule has 0 saturated heterocycles. The van der Waals surface area contributed by atoms with Crippen LogP contribution in [0.1, 0.15) is 22.3 Å². The van der Waals surface area contributed by atoms with Gasteiger partial charge in [0.1, 0.15) is 22.9 Å². The summed E-state index contributed by atoms with van der Waals surface area (Å²) in [5.41, 5.74) is 11.1. The van der Waals surface area contributed by atoms with Gasteiger partial charge < -0.3 is 4.74 Å². The quantitative estimate of drug-likeness (QED) is 0.215. The van der Waals surface area contributed by atoms with Gasteiger partial charge in [-0.15, -0.1) is 10.2 Å². The minimum absolute atomic E-state index is 0.503. The van der Waals surface area contributed by atoms with E-state index >= 15 is 0 Å². The number of hydrogen-bond donors (Lipinski definition) is 0. The van der Waals surface area contributed by atoms with Crippen molar-refractivity contribution in [2.45, 2.75) is 5.41 Å². The Morgan fingerprint density at radius 2 is 0.977 bits per heavy atom. The number of para-hydroxylation sites is 1. The van der Waals surface area contributed by atoms with Gasteiger partial charge in [-0.1, -0.05) is 140 Å². The Bertz CT molecular complexity index is 2160. The summed E-state index contributed by atoms with van der Waals surface area (Å²) in [7, 11) is 0. The van der Waals surface area contributed by atoms with Crippen LogP contribution in [0.2, 0.25) is 0 Å². The molecule has 1 aliphatic carbocycles. The third-order valence-electron chi connectivity index (χ3n) is 8.89. The van der Waals surface area contributed by atoms with Crippen molar-refractivity contribution in [3.63, 3.8) is 0 Å². The van der Waals surface area contributed by atoms with Crippen LogP contribution in [-0.2, 0) is 5.41 Å². The third kappa shape index (κ3) is 3.48.